The lowest BCUT2D eigenvalue weighted by Gasteiger charge is -2.21. The van der Waals surface area contributed by atoms with Crippen LogP contribution in [0.3, 0.4) is 0 Å². The maximum absolute atomic E-state index is 12.2. The predicted octanol–water partition coefficient (Wildman–Crippen LogP) is 1.31. The molecule has 0 heterocycles. The summed E-state index contributed by atoms with van der Waals surface area (Å²) < 4.78 is 25.1. The van der Waals surface area contributed by atoms with E-state index in [9.17, 15) is 13.2 Å². The summed E-state index contributed by atoms with van der Waals surface area (Å²) >= 11 is 5.71. The zero-order valence-corrected chi connectivity index (χ0v) is 11.7. The molecule has 0 amide bonds. The predicted molar refractivity (Wildman–Crippen MR) is 68.2 cm³/mol. The molecule has 102 valence electrons. The fraction of sp³-hybridized carbons (Fsp3) is 0.273. The molecule has 6 nitrogen and oxygen atoms in total. The van der Waals surface area contributed by atoms with Gasteiger partial charge in [0.25, 0.3) is 0 Å². The summed E-state index contributed by atoms with van der Waals surface area (Å²) in [7, 11) is -2.83. The van der Waals surface area contributed by atoms with Gasteiger partial charge >= 0.3 is 5.97 Å². The summed E-state index contributed by atoms with van der Waals surface area (Å²) in [5.41, 5.74) is 0.0131. The fourth-order valence-corrected chi connectivity index (χ4v) is 2.79. The van der Waals surface area contributed by atoms with E-state index < -0.39 is 22.0 Å². The summed E-state index contributed by atoms with van der Waals surface area (Å²) in [6.07, 6.45) is 0. The average Bonchev–Trinajstić information content (AvgIpc) is 2.36. The van der Waals surface area contributed by atoms with Gasteiger partial charge in [-0.25, -0.2) is 8.42 Å². The van der Waals surface area contributed by atoms with Gasteiger partial charge in [-0.2, -0.15) is 9.57 Å². The molecule has 19 heavy (non-hydrogen) atoms. The van der Waals surface area contributed by atoms with Gasteiger partial charge in [0, 0.05) is 7.05 Å². The lowest BCUT2D eigenvalue weighted by atomic mass is 10.2. The van der Waals surface area contributed by atoms with E-state index in [0.29, 0.717) is 0 Å². The van der Waals surface area contributed by atoms with E-state index in [2.05, 4.69) is 0 Å². The van der Waals surface area contributed by atoms with Crippen molar-refractivity contribution in [1.82, 2.24) is 4.31 Å². The summed E-state index contributed by atoms with van der Waals surface area (Å²) in [4.78, 5) is 10.6. The zero-order chi connectivity index (χ0) is 14.8. The quantitative estimate of drug-likeness (QED) is 0.904. The fourth-order valence-electron chi connectivity index (χ4n) is 1.28. The van der Waals surface area contributed by atoms with E-state index in [0.717, 1.165) is 17.4 Å². The second-order valence-corrected chi connectivity index (χ2v) is 6.19. The van der Waals surface area contributed by atoms with Crippen molar-refractivity contribution < 1.29 is 18.3 Å². The molecule has 0 aliphatic carbocycles. The number of halogens is 1. The molecule has 0 bridgehead atoms. The van der Waals surface area contributed by atoms with E-state index in [4.69, 9.17) is 22.0 Å². The summed E-state index contributed by atoms with van der Waals surface area (Å²) in [5.74, 6) is -1.26. The molecule has 1 unspecified atom stereocenters. The molecule has 0 aromatic heterocycles. The molecule has 1 rings (SSSR count). The maximum Gasteiger partial charge on any atom is 0.321 e. The standard InChI is InChI=1S/C11H11ClN2O4S/c1-7(11(15)16)14(2)19(17,18)9-3-4-10(12)8(5-9)6-13/h3-5,7H,1-2H3,(H,15,16). The molecular formula is C11H11ClN2O4S. The number of hydrogen-bond acceptors (Lipinski definition) is 4. The van der Waals surface area contributed by atoms with Crippen LogP contribution in [0.15, 0.2) is 23.1 Å². The summed E-state index contributed by atoms with van der Waals surface area (Å²) in [5, 5.41) is 17.8. The third-order valence-corrected chi connectivity index (χ3v) is 4.89. The van der Waals surface area contributed by atoms with Crippen LogP contribution in [0.25, 0.3) is 0 Å². The van der Waals surface area contributed by atoms with Crippen molar-refractivity contribution in [3.8, 4) is 6.07 Å². The van der Waals surface area contributed by atoms with Gasteiger partial charge in [-0.15, -0.1) is 0 Å². The molecule has 0 saturated heterocycles. The Morgan fingerprint density at radius 2 is 2.11 bits per heavy atom. The molecule has 0 spiro atoms. The Bertz CT molecular complexity index is 651. The minimum absolute atomic E-state index is 0.0131. The number of rotatable bonds is 4. The molecule has 1 aromatic rings. The normalized spacial score (nSPS) is 13.0. The van der Waals surface area contributed by atoms with Gasteiger partial charge < -0.3 is 5.11 Å². The van der Waals surface area contributed by atoms with Crippen molar-refractivity contribution in [2.24, 2.45) is 0 Å². The van der Waals surface area contributed by atoms with Crippen LogP contribution in [0, 0.1) is 11.3 Å². The van der Waals surface area contributed by atoms with Gasteiger partial charge in [-0.05, 0) is 25.1 Å². The minimum atomic E-state index is -3.99. The second kappa shape index (κ2) is 5.57. The Balaban J connectivity index is 3.29. The Labute approximate surface area is 115 Å². The first-order valence-corrected chi connectivity index (χ1v) is 6.94. The Kier molecular flexibility index (Phi) is 4.52. The third kappa shape index (κ3) is 3.04. The number of aliphatic carboxylic acids is 1. The minimum Gasteiger partial charge on any atom is -0.480 e. The van der Waals surface area contributed by atoms with Crippen LogP contribution in [-0.2, 0) is 14.8 Å². The molecule has 0 aliphatic rings. The molecule has 8 heteroatoms. The van der Waals surface area contributed by atoms with Gasteiger partial charge in [-0.3, -0.25) is 4.79 Å². The first-order valence-electron chi connectivity index (χ1n) is 5.12. The van der Waals surface area contributed by atoms with Crippen molar-refractivity contribution >= 4 is 27.6 Å². The number of likely N-dealkylation sites (N-methyl/N-ethyl adjacent to an activating group) is 1. The number of carboxylic acid groups (broad SMARTS) is 1. The lowest BCUT2D eigenvalue weighted by molar-refractivity contribution is -0.140. The molecular weight excluding hydrogens is 292 g/mol. The second-order valence-electron chi connectivity index (χ2n) is 3.79. The molecule has 0 saturated carbocycles. The summed E-state index contributed by atoms with van der Waals surface area (Å²) in [6.45, 7) is 1.25. The zero-order valence-electron chi connectivity index (χ0n) is 10.2. The van der Waals surface area contributed by atoms with Gasteiger partial charge in [0.15, 0.2) is 0 Å². The molecule has 0 radical (unpaired) electrons. The third-order valence-electron chi connectivity index (χ3n) is 2.64. The van der Waals surface area contributed by atoms with Crippen molar-refractivity contribution in [3.63, 3.8) is 0 Å². The smallest absolute Gasteiger partial charge is 0.321 e. The van der Waals surface area contributed by atoms with Crippen molar-refractivity contribution in [1.29, 1.82) is 5.26 Å². The monoisotopic (exact) mass is 302 g/mol. The molecule has 0 fully saturated rings. The van der Waals surface area contributed by atoms with Crippen molar-refractivity contribution in [2.75, 3.05) is 7.05 Å². The molecule has 1 N–H and O–H groups in total. The van der Waals surface area contributed by atoms with Gasteiger partial charge in [0.2, 0.25) is 10.0 Å². The van der Waals surface area contributed by atoms with Gasteiger partial charge in [0.1, 0.15) is 12.1 Å². The first kappa shape index (κ1) is 15.4. The number of nitriles is 1. The highest BCUT2D eigenvalue weighted by Gasteiger charge is 2.29. The van der Waals surface area contributed by atoms with E-state index in [1.54, 1.807) is 6.07 Å². The Morgan fingerprint density at radius 3 is 2.58 bits per heavy atom. The van der Waals surface area contributed by atoms with Crippen molar-refractivity contribution in [2.45, 2.75) is 17.9 Å². The number of nitrogens with zero attached hydrogens (tertiary/aromatic N) is 2. The van der Waals surface area contributed by atoms with Crippen LogP contribution < -0.4 is 0 Å². The highest BCUT2D eigenvalue weighted by Crippen LogP contribution is 2.22. The maximum atomic E-state index is 12.2. The Morgan fingerprint density at radius 1 is 1.53 bits per heavy atom. The number of sulfonamides is 1. The van der Waals surface area contributed by atoms with E-state index in [1.807, 2.05) is 0 Å². The average molecular weight is 303 g/mol. The molecule has 0 aliphatic heterocycles. The highest BCUT2D eigenvalue weighted by molar-refractivity contribution is 7.89. The van der Waals surface area contributed by atoms with E-state index in [-0.39, 0.29) is 15.5 Å². The van der Waals surface area contributed by atoms with Crippen molar-refractivity contribution in [3.05, 3.63) is 28.8 Å². The van der Waals surface area contributed by atoms with Crippen LogP contribution in [0.5, 0.6) is 0 Å². The Hall–Kier alpha value is -1.62. The summed E-state index contributed by atoms with van der Waals surface area (Å²) in [6, 6.07) is 4.17. The SMILES string of the molecule is CC(C(=O)O)N(C)S(=O)(=O)c1ccc(Cl)c(C#N)c1. The lowest BCUT2D eigenvalue weighted by Crippen LogP contribution is -2.40. The number of hydrogen-bond donors (Lipinski definition) is 1. The largest absolute Gasteiger partial charge is 0.480 e. The first-order chi connectivity index (χ1) is 8.71. The van der Waals surface area contributed by atoms with Crippen LogP contribution in [0.2, 0.25) is 5.02 Å². The van der Waals surface area contributed by atoms with Gasteiger partial charge in [-0.1, -0.05) is 11.6 Å². The topological polar surface area (TPSA) is 98.5 Å². The van der Waals surface area contributed by atoms with E-state index in [1.165, 1.54) is 19.1 Å². The molecule has 1 aromatic carbocycles. The van der Waals surface area contributed by atoms with Crippen LogP contribution in [0.1, 0.15) is 12.5 Å². The molecule has 1 atom stereocenters. The van der Waals surface area contributed by atoms with Gasteiger partial charge in [0.05, 0.1) is 15.5 Å². The number of carbonyl (C=O) groups is 1. The van der Waals surface area contributed by atoms with Crippen LogP contribution >= 0.6 is 11.6 Å². The van der Waals surface area contributed by atoms with E-state index >= 15 is 0 Å². The number of carboxylic acids is 1. The highest BCUT2D eigenvalue weighted by atomic mass is 35.5. The van der Waals surface area contributed by atoms with Crippen LogP contribution in [0.4, 0.5) is 0 Å². The van der Waals surface area contributed by atoms with Crippen LogP contribution in [-0.4, -0.2) is 36.9 Å². The number of benzene rings is 1.